The van der Waals surface area contributed by atoms with Crippen molar-refractivity contribution < 1.29 is 53.0 Å². The fourth-order valence-corrected chi connectivity index (χ4v) is 4.11. The first-order chi connectivity index (χ1) is 20.2. The summed E-state index contributed by atoms with van der Waals surface area (Å²) in [5, 5.41) is 0. The number of benzene rings is 4. The van der Waals surface area contributed by atoms with Crippen LogP contribution in [0, 0.1) is 64.2 Å². The molecule has 1 nitrogen and oxygen atoms in total. The maximum atomic E-state index is 14.7. The van der Waals surface area contributed by atoms with Crippen LogP contribution in [0.3, 0.4) is 0 Å². The zero-order valence-electron chi connectivity index (χ0n) is 21.8. The molecule has 0 unspecified atom stereocenters. The van der Waals surface area contributed by atoms with Crippen molar-refractivity contribution in [1.29, 1.82) is 0 Å². The zero-order chi connectivity index (χ0) is 31.6. The van der Waals surface area contributed by atoms with Crippen molar-refractivity contribution >= 4 is 0 Å². The lowest BCUT2D eigenvalue weighted by atomic mass is 9.98. The predicted molar refractivity (Wildman–Crippen MR) is 133 cm³/mol. The van der Waals surface area contributed by atoms with Crippen molar-refractivity contribution in [2.75, 3.05) is 0 Å². The maximum Gasteiger partial charge on any atom is 0.432 e. The van der Waals surface area contributed by atoms with Crippen LogP contribution in [0.15, 0.2) is 48.5 Å². The highest BCUT2D eigenvalue weighted by atomic mass is 19.3. The van der Waals surface area contributed by atoms with Gasteiger partial charge in [-0.05, 0) is 60.4 Å². The Balaban J connectivity index is 1.63. The topological polar surface area (TPSA) is 9.23 Å². The summed E-state index contributed by atoms with van der Waals surface area (Å²) in [4.78, 5) is 0. The van der Waals surface area contributed by atoms with Crippen LogP contribution in [0.2, 0.25) is 0 Å². The zero-order valence-corrected chi connectivity index (χ0v) is 21.8. The lowest BCUT2D eigenvalue weighted by Crippen LogP contribution is -2.25. The molecule has 4 aromatic carbocycles. The Hall–Kier alpha value is -4.53. The Kier molecular flexibility index (Phi) is 9.04. The van der Waals surface area contributed by atoms with Crippen molar-refractivity contribution in [2.45, 2.75) is 32.3 Å². The van der Waals surface area contributed by atoms with E-state index in [1.807, 2.05) is 18.8 Å². The lowest BCUT2D eigenvalue weighted by Gasteiger charge is -2.19. The molecule has 0 aliphatic rings. The molecule has 0 aromatic heterocycles. The summed E-state index contributed by atoms with van der Waals surface area (Å²) in [7, 11) is 0. The van der Waals surface area contributed by atoms with Gasteiger partial charge >= 0.3 is 6.11 Å². The van der Waals surface area contributed by atoms with Gasteiger partial charge in [0.2, 0.25) is 0 Å². The van der Waals surface area contributed by atoms with Crippen molar-refractivity contribution in [3.63, 3.8) is 0 Å². The highest BCUT2D eigenvalue weighted by Crippen LogP contribution is 2.36. The van der Waals surface area contributed by atoms with Crippen LogP contribution in [-0.2, 0) is 12.5 Å². The lowest BCUT2D eigenvalue weighted by molar-refractivity contribution is -0.189. The van der Waals surface area contributed by atoms with Gasteiger partial charge in [0.1, 0.15) is 46.2 Å². The molecule has 0 saturated heterocycles. The number of halogens is 11. The van der Waals surface area contributed by atoms with E-state index in [9.17, 15) is 48.3 Å². The van der Waals surface area contributed by atoms with Crippen molar-refractivity contribution in [1.82, 2.24) is 0 Å². The minimum Gasteiger partial charge on any atom is -0.429 e. The summed E-state index contributed by atoms with van der Waals surface area (Å²) in [6.07, 6.45) is -3.02. The third-order valence-electron chi connectivity index (χ3n) is 6.12. The van der Waals surface area contributed by atoms with Gasteiger partial charge in [-0.1, -0.05) is 25.2 Å². The Morgan fingerprint density at radius 2 is 1.16 bits per heavy atom. The van der Waals surface area contributed by atoms with Crippen LogP contribution in [0.1, 0.15) is 42.0 Å². The minimum absolute atomic E-state index is 0.0295. The normalized spacial score (nSPS) is 11.3. The molecule has 0 saturated carbocycles. The summed E-state index contributed by atoms with van der Waals surface area (Å²) >= 11 is 0. The number of hydrogen-bond acceptors (Lipinski definition) is 1. The van der Waals surface area contributed by atoms with Gasteiger partial charge in [0, 0.05) is 17.7 Å². The molecule has 0 amide bonds. The Morgan fingerprint density at radius 3 is 1.67 bits per heavy atom. The second-order valence-corrected chi connectivity index (χ2v) is 9.24. The molecular formula is C31H17F11O. The number of alkyl halides is 2. The fourth-order valence-electron chi connectivity index (χ4n) is 4.11. The molecule has 0 bridgehead atoms. The smallest absolute Gasteiger partial charge is 0.429 e. The van der Waals surface area contributed by atoms with E-state index in [2.05, 4.69) is 4.74 Å². The second-order valence-electron chi connectivity index (χ2n) is 9.24. The Labute approximate surface area is 237 Å². The fraction of sp³-hybridized carbons (Fsp3) is 0.161. The van der Waals surface area contributed by atoms with Crippen LogP contribution >= 0.6 is 0 Å². The SMILES string of the molecule is CCCCc1cc(F)c(-c2cc(F)c(C#Cc3cc(F)c(C(F)(F)Oc4cc(F)c(F)c(F)c4)c(F)c3)c(F)c2)c(F)c1. The first-order valence-electron chi connectivity index (χ1n) is 12.4. The number of hydrogen-bond donors (Lipinski definition) is 0. The Morgan fingerprint density at radius 1 is 0.628 bits per heavy atom. The summed E-state index contributed by atoms with van der Waals surface area (Å²) in [5.74, 6) is -11.9. The Bertz CT molecular complexity index is 1680. The molecule has 4 rings (SSSR count). The van der Waals surface area contributed by atoms with E-state index in [-0.39, 0.29) is 24.3 Å². The number of unbranched alkanes of at least 4 members (excludes halogenated alkanes) is 1. The van der Waals surface area contributed by atoms with Crippen LogP contribution in [0.4, 0.5) is 48.3 Å². The van der Waals surface area contributed by atoms with E-state index in [0.29, 0.717) is 30.5 Å². The van der Waals surface area contributed by atoms with Gasteiger partial charge in [-0.2, -0.15) is 8.78 Å². The molecule has 0 aliphatic carbocycles. The predicted octanol–water partition coefficient (Wildman–Crippen LogP) is 9.48. The van der Waals surface area contributed by atoms with E-state index in [4.69, 9.17) is 0 Å². The number of aryl methyl sites for hydroxylation is 1. The molecule has 0 spiro atoms. The van der Waals surface area contributed by atoms with Gasteiger partial charge < -0.3 is 4.74 Å². The molecule has 0 radical (unpaired) electrons. The molecule has 224 valence electrons. The third kappa shape index (κ3) is 6.77. The van der Waals surface area contributed by atoms with Crippen LogP contribution in [0.5, 0.6) is 5.75 Å². The van der Waals surface area contributed by atoms with E-state index in [1.165, 1.54) is 0 Å². The van der Waals surface area contributed by atoms with Crippen LogP contribution < -0.4 is 4.74 Å². The van der Waals surface area contributed by atoms with E-state index >= 15 is 0 Å². The highest BCUT2D eigenvalue weighted by molar-refractivity contribution is 5.67. The standard InChI is InChI=1S/C31H17F11O/c1-2-3-4-15-7-22(34)28(23(35)8-15)17-11-20(32)19(21(33)12-17)6-5-16-9-24(36)29(25(37)10-16)31(41,42)43-18-13-26(38)30(40)27(39)14-18/h7-14H,2-4H2,1H3. The highest BCUT2D eigenvalue weighted by Gasteiger charge is 2.41. The van der Waals surface area contributed by atoms with E-state index in [0.717, 1.165) is 18.6 Å². The first-order valence-corrected chi connectivity index (χ1v) is 12.4. The molecule has 0 N–H and O–H groups in total. The van der Waals surface area contributed by atoms with Gasteiger partial charge in [0.15, 0.2) is 17.5 Å². The summed E-state index contributed by atoms with van der Waals surface area (Å²) < 4.78 is 161. The van der Waals surface area contributed by atoms with Crippen molar-refractivity contribution in [3.05, 3.63) is 123 Å². The largest absolute Gasteiger partial charge is 0.432 e. The molecule has 0 heterocycles. The molecule has 4 aromatic rings. The molecule has 0 fully saturated rings. The van der Waals surface area contributed by atoms with Gasteiger partial charge in [-0.25, -0.2) is 39.5 Å². The summed E-state index contributed by atoms with van der Waals surface area (Å²) in [5.41, 5.74) is -4.44. The van der Waals surface area contributed by atoms with Gasteiger partial charge in [0.05, 0.1) is 11.1 Å². The van der Waals surface area contributed by atoms with E-state index in [1.54, 1.807) is 0 Å². The minimum atomic E-state index is -4.86. The molecule has 43 heavy (non-hydrogen) atoms. The third-order valence-corrected chi connectivity index (χ3v) is 6.12. The molecule has 0 atom stereocenters. The number of rotatable bonds is 7. The first kappa shape index (κ1) is 31.4. The molecule has 12 heteroatoms. The molecular weight excluding hydrogens is 597 g/mol. The van der Waals surface area contributed by atoms with Crippen LogP contribution in [-0.4, -0.2) is 0 Å². The quantitative estimate of drug-likeness (QED) is 0.115. The second kappa shape index (κ2) is 12.4. The van der Waals surface area contributed by atoms with Crippen molar-refractivity contribution in [3.8, 4) is 28.7 Å². The average Bonchev–Trinajstić information content (AvgIpc) is 2.89. The molecule has 0 aliphatic heterocycles. The van der Waals surface area contributed by atoms with Gasteiger partial charge in [-0.3, -0.25) is 0 Å². The summed E-state index contributed by atoms with van der Waals surface area (Å²) in [6, 6.07) is 3.90. The van der Waals surface area contributed by atoms with Gasteiger partial charge in [-0.15, -0.1) is 0 Å². The average molecular weight is 614 g/mol. The van der Waals surface area contributed by atoms with Crippen molar-refractivity contribution in [2.24, 2.45) is 0 Å². The maximum absolute atomic E-state index is 14.7. The summed E-state index contributed by atoms with van der Waals surface area (Å²) in [6.45, 7) is 1.89. The monoisotopic (exact) mass is 614 g/mol. The van der Waals surface area contributed by atoms with Crippen LogP contribution in [0.25, 0.3) is 11.1 Å². The van der Waals surface area contributed by atoms with E-state index < -0.39 is 92.0 Å². The van der Waals surface area contributed by atoms with Gasteiger partial charge in [0.25, 0.3) is 0 Å². The number of ether oxygens (including phenoxy) is 1.